The number of hydrogen-bond donors (Lipinski definition) is 1. The molecule has 2 atom stereocenters. The zero-order valence-electron chi connectivity index (χ0n) is 11.7. The molecule has 0 bridgehead atoms. The van der Waals surface area contributed by atoms with E-state index in [1.165, 1.54) is 12.1 Å². The van der Waals surface area contributed by atoms with Gasteiger partial charge in [0, 0.05) is 11.3 Å². The molecule has 1 aliphatic heterocycles. The van der Waals surface area contributed by atoms with Crippen molar-refractivity contribution in [1.82, 2.24) is 5.32 Å². The van der Waals surface area contributed by atoms with Crippen LogP contribution in [0.1, 0.15) is 26.3 Å². The molecule has 19 heavy (non-hydrogen) atoms. The first-order valence-corrected chi connectivity index (χ1v) is 7.64. The summed E-state index contributed by atoms with van der Waals surface area (Å²) in [6.45, 7) is 7.51. The molecule has 0 spiro atoms. The fourth-order valence-electron chi connectivity index (χ4n) is 2.05. The first-order valence-electron chi connectivity index (χ1n) is 6.76. The molecule has 2 rings (SSSR count). The fraction of sp³-hybridized carbons (Fsp3) is 0.533. The Balaban J connectivity index is 1.82. The molecular weight excluding hydrogens is 259 g/mol. The van der Waals surface area contributed by atoms with Crippen molar-refractivity contribution in [3.05, 3.63) is 35.6 Å². The van der Waals surface area contributed by atoms with E-state index in [0.29, 0.717) is 17.2 Å². The van der Waals surface area contributed by atoms with E-state index in [2.05, 4.69) is 31.1 Å². The highest BCUT2D eigenvalue weighted by atomic mass is 32.2. The summed E-state index contributed by atoms with van der Waals surface area (Å²) in [5.41, 5.74) is 1.14. The SMILES string of the molecule is CC(Cc1ccc(F)cc1)NC1=NCC(C(C)C)S1. The number of amidine groups is 1. The molecule has 2 nitrogen and oxygen atoms in total. The Morgan fingerprint density at radius 2 is 2.00 bits per heavy atom. The highest BCUT2D eigenvalue weighted by Crippen LogP contribution is 2.26. The number of nitrogens with zero attached hydrogens (tertiary/aromatic N) is 1. The van der Waals surface area contributed by atoms with Crippen molar-refractivity contribution in [3.8, 4) is 0 Å². The Morgan fingerprint density at radius 3 is 2.58 bits per heavy atom. The predicted octanol–water partition coefficient (Wildman–Crippen LogP) is 3.47. The van der Waals surface area contributed by atoms with Crippen LogP contribution in [-0.4, -0.2) is 23.0 Å². The summed E-state index contributed by atoms with van der Waals surface area (Å²) < 4.78 is 12.8. The number of hydrogen-bond acceptors (Lipinski definition) is 3. The monoisotopic (exact) mass is 280 g/mol. The van der Waals surface area contributed by atoms with Crippen LogP contribution in [0.5, 0.6) is 0 Å². The zero-order valence-corrected chi connectivity index (χ0v) is 12.5. The molecule has 0 aliphatic carbocycles. The Kier molecular flexibility index (Phi) is 4.86. The summed E-state index contributed by atoms with van der Waals surface area (Å²) >= 11 is 1.84. The average molecular weight is 280 g/mol. The lowest BCUT2D eigenvalue weighted by atomic mass is 10.1. The number of halogens is 1. The third-order valence-electron chi connectivity index (χ3n) is 3.25. The van der Waals surface area contributed by atoms with Crippen LogP contribution in [0.3, 0.4) is 0 Å². The van der Waals surface area contributed by atoms with E-state index in [-0.39, 0.29) is 5.82 Å². The Hall–Kier alpha value is -1.03. The van der Waals surface area contributed by atoms with Gasteiger partial charge in [0.05, 0.1) is 6.54 Å². The molecule has 0 radical (unpaired) electrons. The van der Waals surface area contributed by atoms with Crippen LogP contribution in [0.25, 0.3) is 0 Å². The van der Waals surface area contributed by atoms with Gasteiger partial charge < -0.3 is 5.32 Å². The summed E-state index contributed by atoms with van der Waals surface area (Å²) in [6, 6.07) is 7.02. The first kappa shape index (κ1) is 14.4. The van der Waals surface area contributed by atoms with Crippen molar-refractivity contribution in [1.29, 1.82) is 0 Å². The highest BCUT2D eigenvalue weighted by molar-refractivity contribution is 8.14. The van der Waals surface area contributed by atoms with Gasteiger partial charge in [0.2, 0.25) is 0 Å². The number of nitrogens with one attached hydrogen (secondary N) is 1. The Morgan fingerprint density at radius 1 is 1.32 bits per heavy atom. The molecular formula is C15H21FN2S. The van der Waals surface area contributed by atoms with Gasteiger partial charge in [-0.15, -0.1) is 0 Å². The van der Waals surface area contributed by atoms with E-state index < -0.39 is 0 Å². The third kappa shape index (κ3) is 4.23. The van der Waals surface area contributed by atoms with Crippen LogP contribution in [0.15, 0.2) is 29.3 Å². The first-order chi connectivity index (χ1) is 9.04. The lowest BCUT2D eigenvalue weighted by Crippen LogP contribution is -2.32. The third-order valence-corrected chi connectivity index (χ3v) is 4.71. The van der Waals surface area contributed by atoms with Crippen molar-refractivity contribution in [3.63, 3.8) is 0 Å². The molecule has 0 saturated heterocycles. The lowest BCUT2D eigenvalue weighted by molar-refractivity contribution is 0.619. The molecule has 0 saturated carbocycles. The molecule has 1 aromatic rings. The highest BCUT2D eigenvalue weighted by Gasteiger charge is 2.23. The molecule has 1 aliphatic rings. The van der Waals surface area contributed by atoms with Crippen LogP contribution in [0, 0.1) is 11.7 Å². The minimum atomic E-state index is -0.181. The van der Waals surface area contributed by atoms with Crippen LogP contribution >= 0.6 is 11.8 Å². The topological polar surface area (TPSA) is 24.4 Å². The van der Waals surface area contributed by atoms with Crippen molar-refractivity contribution < 1.29 is 4.39 Å². The van der Waals surface area contributed by atoms with Crippen molar-refractivity contribution in [2.45, 2.75) is 38.5 Å². The van der Waals surface area contributed by atoms with Gasteiger partial charge in [0.25, 0.3) is 0 Å². The number of rotatable bonds is 4. The maximum Gasteiger partial charge on any atom is 0.157 e. The number of benzene rings is 1. The molecule has 1 heterocycles. The molecule has 0 amide bonds. The second-order valence-electron chi connectivity index (χ2n) is 5.42. The van der Waals surface area contributed by atoms with Crippen molar-refractivity contribution in [2.75, 3.05) is 6.54 Å². The summed E-state index contributed by atoms with van der Waals surface area (Å²) in [6.07, 6.45) is 0.881. The maximum atomic E-state index is 12.8. The van der Waals surface area contributed by atoms with Crippen LogP contribution in [0.2, 0.25) is 0 Å². The molecule has 2 unspecified atom stereocenters. The summed E-state index contributed by atoms with van der Waals surface area (Å²) in [5, 5.41) is 5.09. The van der Waals surface area contributed by atoms with Gasteiger partial charge in [0.1, 0.15) is 5.82 Å². The van der Waals surface area contributed by atoms with Gasteiger partial charge in [-0.3, -0.25) is 4.99 Å². The van der Waals surface area contributed by atoms with Crippen LogP contribution < -0.4 is 5.32 Å². The van der Waals surface area contributed by atoms with E-state index >= 15 is 0 Å². The molecule has 1 aromatic carbocycles. The predicted molar refractivity (Wildman–Crippen MR) is 81.2 cm³/mol. The van der Waals surface area contributed by atoms with Crippen molar-refractivity contribution >= 4 is 16.9 Å². The van der Waals surface area contributed by atoms with E-state index in [1.54, 1.807) is 0 Å². The largest absolute Gasteiger partial charge is 0.362 e. The second kappa shape index (κ2) is 6.42. The quantitative estimate of drug-likeness (QED) is 0.913. The van der Waals surface area contributed by atoms with Crippen molar-refractivity contribution in [2.24, 2.45) is 10.9 Å². The zero-order chi connectivity index (χ0) is 13.8. The molecule has 0 fully saturated rings. The van der Waals surface area contributed by atoms with E-state index in [1.807, 2.05) is 23.9 Å². The average Bonchev–Trinajstić information content (AvgIpc) is 2.80. The Bertz CT molecular complexity index is 442. The summed E-state index contributed by atoms with van der Waals surface area (Å²) in [4.78, 5) is 4.54. The minimum absolute atomic E-state index is 0.181. The molecule has 104 valence electrons. The van der Waals surface area contributed by atoms with Crippen LogP contribution in [0.4, 0.5) is 4.39 Å². The number of aliphatic imine (C=N–C) groups is 1. The summed E-state index contributed by atoms with van der Waals surface area (Å²) in [5.74, 6) is 0.473. The number of thioether (sulfide) groups is 1. The van der Waals surface area contributed by atoms with Gasteiger partial charge in [-0.1, -0.05) is 37.7 Å². The summed E-state index contributed by atoms with van der Waals surface area (Å²) in [7, 11) is 0. The normalized spacial score (nSPS) is 20.5. The maximum absolute atomic E-state index is 12.8. The lowest BCUT2D eigenvalue weighted by Gasteiger charge is -2.16. The second-order valence-corrected chi connectivity index (χ2v) is 6.65. The van der Waals surface area contributed by atoms with Gasteiger partial charge in [-0.05, 0) is 37.0 Å². The molecule has 4 heteroatoms. The van der Waals surface area contributed by atoms with Gasteiger partial charge >= 0.3 is 0 Å². The van der Waals surface area contributed by atoms with Crippen LogP contribution in [-0.2, 0) is 6.42 Å². The molecule has 0 aromatic heterocycles. The van der Waals surface area contributed by atoms with E-state index in [0.717, 1.165) is 23.7 Å². The van der Waals surface area contributed by atoms with Gasteiger partial charge in [-0.25, -0.2) is 4.39 Å². The van der Waals surface area contributed by atoms with E-state index in [4.69, 9.17) is 0 Å². The fourth-order valence-corrected chi connectivity index (χ4v) is 3.18. The van der Waals surface area contributed by atoms with Gasteiger partial charge in [-0.2, -0.15) is 0 Å². The molecule has 1 N–H and O–H groups in total. The Labute approximate surface area is 118 Å². The minimum Gasteiger partial charge on any atom is -0.362 e. The van der Waals surface area contributed by atoms with Gasteiger partial charge in [0.15, 0.2) is 5.17 Å². The smallest absolute Gasteiger partial charge is 0.157 e. The van der Waals surface area contributed by atoms with E-state index in [9.17, 15) is 4.39 Å². The standard InChI is InChI=1S/C15H21FN2S/c1-10(2)14-9-17-15(19-14)18-11(3)8-12-4-6-13(16)7-5-12/h4-7,10-11,14H,8-9H2,1-3H3,(H,17,18).